The molecule has 0 aromatic rings. The van der Waals surface area contributed by atoms with Gasteiger partial charge in [0.25, 0.3) is 0 Å². The van der Waals surface area contributed by atoms with E-state index in [-0.39, 0.29) is 0 Å². The average molecular weight is 409 g/mol. The quantitative estimate of drug-likeness (QED) is 0.214. The molecule has 2 fully saturated rings. The first-order valence-corrected chi connectivity index (χ1v) is 12.3. The molecular weight excluding hydrogens is 372 g/mol. The third-order valence-electron chi connectivity index (χ3n) is 4.03. The molecule has 1 atom stereocenters. The van der Waals surface area contributed by atoms with Crippen LogP contribution in [-0.2, 0) is 23.7 Å². The van der Waals surface area contributed by atoms with Crippen molar-refractivity contribution < 1.29 is 23.7 Å². The molecule has 7 heteroatoms. The van der Waals surface area contributed by atoms with E-state index in [4.69, 9.17) is 23.7 Å². The maximum Gasteiger partial charge on any atom is 0.104 e. The van der Waals surface area contributed by atoms with Crippen LogP contribution >= 0.6 is 23.5 Å². The van der Waals surface area contributed by atoms with Crippen molar-refractivity contribution in [1.82, 2.24) is 0 Å². The summed E-state index contributed by atoms with van der Waals surface area (Å²) in [5, 5.41) is 0. The minimum Gasteiger partial charge on any atom is -0.381 e. The molecular formula is C19H36O5S2. The Labute approximate surface area is 167 Å². The highest BCUT2D eigenvalue weighted by molar-refractivity contribution is 7.99. The number of rotatable bonds is 21. The van der Waals surface area contributed by atoms with Gasteiger partial charge in [-0.3, -0.25) is 0 Å². The first kappa shape index (κ1) is 22.8. The van der Waals surface area contributed by atoms with E-state index in [1.54, 1.807) is 0 Å². The van der Waals surface area contributed by atoms with Crippen molar-refractivity contribution in [2.75, 3.05) is 82.5 Å². The van der Waals surface area contributed by atoms with Gasteiger partial charge in [-0.25, -0.2) is 0 Å². The normalized spacial score (nSPS) is 19.2. The fourth-order valence-corrected chi connectivity index (χ4v) is 3.73. The van der Waals surface area contributed by atoms with Gasteiger partial charge in [-0.2, -0.15) is 23.5 Å². The average Bonchev–Trinajstić information content (AvgIpc) is 3.54. The molecule has 0 N–H and O–H groups in total. The Morgan fingerprint density at radius 1 is 0.654 bits per heavy atom. The lowest BCUT2D eigenvalue weighted by molar-refractivity contribution is 0.0605. The first-order valence-electron chi connectivity index (χ1n) is 10.0. The van der Waals surface area contributed by atoms with E-state index in [9.17, 15) is 0 Å². The largest absolute Gasteiger partial charge is 0.381 e. The molecule has 5 nitrogen and oxygen atoms in total. The van der Waals surface area contributed by atoms with Gasteiger partial charge in [-0.1, -0.05) is 0 Å². The molecule has 0 radical (unpaired) electrons. The van der Waals surface area contributed by atoms with Crippen LogP contribution in [0.5, 0.6) is 0 Å². The number of ether oxygens (including phenoxy) is 5. The van der Waals surface area contributed by atoms with Gasteiger partial charge >= 0.3 is 0 Å². The number of epoxide rings is 1. The predicted octanol–water partition coefficient (Wildman–Crippen LogP) is 3.11. The lowest BCUT2D eigenvalue weighted by atomic mass is 10.4. The van der Waals surface area contributed by atoms with Crippen molar-refractivity contribution in [2.24, 2.45) is 5.92 Å². The van der Waals surface area contributed by atoms with Gasteiger partial charge in [0.2, 0.25) is 0 Å². The summed E-state index contributed by atoms with van der Waals surface area (Å²) in [4.78, 5) is 0. The number of thioether (sulfide) groups is 2. The predicted molar refractivity (Wildman–Crippen MR) is 110 cm³/mol. The van der Waals surface area contributed by atoms with Gasteiger partial charge in [-0.05, 0) is 43.1 Å². The van der Waals surface area contributed by atoms with Crippen LogP contribution in [0.2, 0.25) is 0 Å². The summed E-state index contributed by atoms with van der Waals surface area (Å²) < 4.78 is 27.4. The van der Waals surface area contributed by atoms with E-state index in [1.807, 2.05) is 23.5 Å². The Morgan fingerprint density at radius 3 is 1.77 bits per heavy atom. The minimum atomic E-state index is 0.382. The van der Waals surface area contributed by atoms with E-state index < -0.39 is 0 Å². The highest BCUT2D eigenvalue weighted by atomic mass is 32.2. The summed E-state index contributed by atoms with van der Waals surface area (Å²) in [5.74, 6) is 5.29. The zero-order valence-corrected chi connectivity index (χ0v) is 17.7. The summed E-state index contributed by atoms with van der Waals surface area (Å²) in [6.07, 6.45) is 5.39. The zero-order valence-electron chi connectivity index (χ0n) is 16.0. The molecule has 0 amide bonds. The van der Waals surface area contributed by atoms with Crippen molar-refractivity contribution in [2.45, 2.75) is 31.8 Å². The second-order valence-corrected chi connectivity index (χ2v) is 9.15. The zero-order chi connectivity index (χ0) is 18.1. The van der Waals surface area contributed by atoms with Gasteiger partial charge < -0.3 is 23.7 Å². The molecule has 0 aromatic heterocycles. The molecule has 1 saturated carbocycles. The van der Waals surface area contributed by atoms with E-state index in [2.05, 4.69) is 0 Å². The molecule has 154 valence electrons. The van der Waals surface area contributed by atoms with Crippen LogP contribution in [0.15, 0.2) is 0 Å². The van der Waals surface area contributed by atoms with E-state index in [1.165, 1.54) is 18.6 Å². The van der Waals surface area contributed by atoms with Crippen LogP contribution in [-0.4, -0.2) is 88.6 Å². The molecule has 1 aliphatic carbocycles. The van der Waals surface area contributed by atoms with E-state index in [0.29, 0.717) is 19.3 Å². The maximum atomic E-state index is 5.62. The molecule has 1 aliphatic heterocycles. The van der Waals surface area contributed by atoms with Gasteiger partial charge in [0.15, 0.2) is 0 Å². The third kappa shape index (κ3) is 15.5. The Hall–Kier alpha value is 0.500. The van der Waals surface area contributed by atoms with Crippen LogP contribution in [0.4, 0.5) is 0 Å². The summed E-state index contributed by atoms with van der Waals surface area (Å²) in [6, 6.07) is 0. The van der Waals surface area contributed by atoms with Crippen molar-refractivity contribution in [3.8, 4) is 0 Å². The van der Waals surface area contributed by atoms with Gasteiger partial charge in [0.1, 0.15) is 6.10 Å². The summed E-state index contributed by atoms with van der Waals surface area (Å²) >= 11 is 3.87. The lowest BCUT2D eigenvalue weighted by Gasteiger charge is -2.06. The topological polar surface area (TPSA) is 49.5 Å². The monoisotopic (exact) mass is 408 g/mol. The highest BCUT2D eigenvalue weighted by Crippen LogP contribution is 2.28. The molecule has 2 rings (SSSR count). The second kappa shape index (κ2) is 16.5. The lowest BCUT2D eigenvalue weighted by Crippen LogP contribution is -2.09. The number of hydrogen-bond donors (Lipinski definition) is 0. The SMILES string of the molecule is C(COCC1CC1)CSCCOCCOCCSCCCOCC1CO1. The second-order valence-electron chi connectivity index (χ2n) is 6.71. The van der Waals surface area contributed by atoms with E-state index in [0.717, 1.165) is 82.3 Å². The summed E-state index contributed by atoms with van der Waals surface area (Å²) in [6.45, 7) is 7.41. The van der Waals surface area contributed by atoms with Crippen molar-refractivity contribution >= 4 is 23.5 Å². The Bertz CT molecular complexity index is 284. The smallest absolute Gasteiger partial charge is 0.104 e. The molecule has 1 saturated heterocycles. The van der Waals surface area contributed by atoms with Crippen LogP contribution in [0.3, 0.4) is 0 Å². The Kier molecular flexibility index (Phi) is 14.4. The minimum absolute atomic E-state index is 0.382. The standard InChI is InChI=1S/C19H36O5S2/c1(5-22-15-18-3-4-18)11-25-13-9-20-7-8-21-10-14-26-12-2-6-23-16-19-17-24-19/h18-19H,1-17H2. The van der Waals surface area contributed by atoms with Crippen molar-refractivity contribution in [3.63, 3.8) is 0 Å². The summed E-state index contributed by atoms with van der Waals surface area (Å²) in [5.41, 5.74) is 0. The molecule has 2 aliphatic rings. The Morgan fingerprint density at radius 2 is 1.23 bits per heavy atom. The van der Waals surface area contributed by atoms with Crippen molar-refractivity contribution in [1.29, 1.82) is 0 Å². The van der Waals surface area contributed by atoms with Crippen LogP contribution in [0, 0.1) is 5.92 Å². The van der Waals surface area contributed by atoms with Crippen LogP contribution in [0.25, 0.3) is 0 Å². The van der Waals surface area contributed by atoms with Gasteiger partial charge in [0.05, 0.1) is 39.6 Å². The maximum absolute atomic E-state index is 5.62. The highest BCUT2D eigenvalue weighted by Gasteiger charge is 2.22. The molecule has 0 aromatic carbocycles. The molecule has 1 unspecified atom stereocenters. The molecule has 1 heterocycles. The van der Waals surface area contributed by atoms with Crippen LogP contribution < -0.4 is 0 Å². The third-order valence-corrected chi connectivity index (χ3v) is 6.09. The fraction of sp³-hybridized carbons (Fsp3) is 1.00. The van der Waals surface area contributed by atoms with Gasteiger partial charge in [0, 0.05) is 31.3 Å². The molecule has 0 bridgehead atoms. The molecule has 0 spiro atoms. The number of hydrogen-bond acceptors (Lipinski definition) is 7. The van der Waals surface area contributed by atoms with Crippen molar-refractivity contribution in [3.05, 3.63) is 0 Å². The summed E-state index contributed by atoms with van der Waals surface area (Å²) in [7, 11) is 0. The molecule has 26 heavy (non-hydrogen) atoms. The Balaban J connectivity index is 1.14. The fourth-order valence-electron chi connectivity index (χ4n) is 2.20. The first-order chi connectivity index (χ1) is 12.9. The van der Waals surface area contributed by atoms with Gasteiger partial charge in [-0.15, -0.1) is 0 Å². The van der Waals surface area contributed by atoms with E-state index >= 15 is 0 Å². The van der Waals surface area contributed by atoms with Crippen LogP contribution in [0.1, 0.15) is 25.7 Å².